The molecule has 1 fully saturated rings. The summed E-state index contributed by atoms with van der Waals surface area (Å²) in [5, 5.41) is 4.84. The maximum atomic E-state index is 13.3. The van der Waals surface area contributed by atoms with E-state index in [1.54, 1.807) is 16.4 Å². The minimum absolute atomic E-state index is 0.336. The van der Waals surface area contributed by atoms with Gasteiger partial charge in [-0.3, -0.25) is 0 Å². The van der Waals surface area contributed by atoms with E-state index < -0.39 is 15.6 Å². The Bertz CT molecular complexity index is 1020. The van der Waals surface area contributed by atoms with Crippen LogP contribution in [0.25, 0.3) is 10.8 Å². The maximum absolute atomic E-state index is 13.3. The molecular weight excluding hydrogens is 424 g/mol. The zero-order valence-electron chi connectivity index (χ0n) is 19.6. The van der Waals surface area contributed by atoms with Crippen LogP contribution < -0.4 is 5.32 Å². The van der Waals surface area contributed by atoms with Crippen molar-refractivity contribution in [3.05, 3.63) is 42.5 Å². The molecule has 32 heavy (non-hydrogen) atoms. The summed E-state index contributed by atoms with van der Waals surface area (Å²) in [4.78, 5) is 12.2. The van der Waals surface area contributed by atoms with E-state index in [1.807, 2.05) is 58.0 Å². The Morgan fingerprint density at radius 1 is 1.03 bits per heavy atom. The molecule has 0 saturated heterocycles. The van der Waals surface area contributed by atoms with Crippen LogP contribution >= 0.6 is 0 Å². The number of carbonyl (C=O) groups excluding carboxylic acids is 1. The number of nitrogens with one attached hydrogen (secondary N) is 1. The minimum atomic E-state index is -3.53. The molecule has 0 aromatic heterocycles. The number of carbonyl (C=O) groups is 1. The van der Waals surface area contributed by atoms with Crippen molar-refractivity contribution in [3.63, 3.8) is 0 Å². The second kappa shape index (κ2) is 10.2. The van der Waals surface area contributed by atoms with Gasteiger partial charge in [0.25, 0.3) is 0 Å². The lowest BCUT2D eigenvalue weighted by molar-refractivity contribution is 0.0512. The first-order chi connectivity index (χ1) is 15.1. The van der Waals surface area contributed by atoms with Crippen LogP contribution in [0.4, 0.5) is 4.79 Å². The largest absolute Gasteiger partial charge is 0.444 e. The number of ether oxygens (including phenoxy) is 1. The van der Waals surface area contributed by atoms with Crippen molar-refractivity contribution in [2.24, 2.45) is 11.8 Å². The normalized spacial score (nSPS) is 19.8. The highest BCUT2D eigenvalue weighted by atomic mass is 32.2. The monoisotopic (exact) mass is 460 g/mol. The first-order valence-corrected chi connectivity index (χ1v) is 13.0. The van der Waals surface area contributed by atoms with Gasteiger partial charge in [-0.25, -0.2) is 13.2 Å². The molecule has 3 rings (SSSR count). The molecule has 6 nitrogen and oxygen atoms in total. The highest BCUT2D eigenvalue weighted by Crippen LogP contribution is 2.31. The third-order valence-electron chi connectivity index (χ3n) is 6.07. The third-order valence-corrected chi connectivity index (χ3v) is 8.01. The zero-order chi connectivity index (χ0) is 23.4. The van der Waals surface area contributed by atoms with Crippen molar-refractivity contribution in [1.82, 2.24) is 9.62 Å². The van der Waals surface area contributed by atoms with Crippen molar-refractivity contribution >= 4 is 26.9 Å². The van der Waals surface area contributed by atoms with E-state index in [0.29, 0.717) is 36.4 Å². The van der Waals surface area contributed by atoms with Gasteiger partial charge in [-0.05, 0) is 81.2 Å². The average Bonchev–Trinajstić information content (AvgIpc) is 2.75. The summed E-state index contributed by atoms with van der Waals surface area (Å²) in [6.45, 7) is 9.05. The number of hydrogen-bond donors (Lipinski definition) is 1. The predicted octanol–water partition coefficient (Wildman–Crippen LogP) is 5.18. The van der Waals surface area contributed by atoms with Crippen molar-refractivity contribution in [1.29, 1.82) is 0 Å². The molecule has 0 unspecified atom stereocenters. The van der Waals surface area contributed by atoms with Gasteiger partial charge in [-0.1, -0.05) is 37.3 Å². The second-order valence-electron chi connectivity index (χ2n) is 9.73. The first kappa shape index (κ1) is 24.5. The Balaban J connectivity index is 1.55. The summed E-state index contributed by atoms with van der Waals surface area (Å²) >= 11 is 0. The number of fused-ring (bicyclic) bond motifs is 1. The molecule has 7 heteroatoms. The van der Waals surface area contributed by atoms with E-state index in [0.717, 1.165) is 36.5 Å². The zero-order valence-corrected chi connectivity index (χ0v) is 20.5. The molecule has 0 bridgehead atoms. The van der Waals surface area contributed by atoms with Crippen LogP contribution in [0.5, 0.6) is 0 Å². The van der Waals surface area contributed by atoms with E-state index >= 15 is 0 Å². The molecule has 0 spiro atoms. The van der Waals surface area contributed by atoms with Crippen molar-refractivity contribution in [2.75, 3.05) is 19.6 Å². The molecule has 176 valence electrons. The minimum Gasteiger partial charge on any atom is -0.444 e. The number of amides is 1. The van der Waals surface area contributed by atoms with Gasteiger partial charge in [0, 0.05) is 19.6 Å². The van der Waals surface area contributed by atoms with E-state index in [4.69, 9.17) is 4.74 Å². The van der Waals surface area contributed by atoms with Crippen LogP contribution in [-0.2, 0) is 14.8 Å². The van der Waals surface area contributed by atoms with Gasteiger partial charge in [-0.2, -0.15) is 4.31 Å². The van der Waals surface area contributed by atoms with Crippen molar-refractivity contribution < 1.29 is 17.9 Å². The lowest BCUT2D eigenvalue weighted by atomic mass is 9.82. The molecule has 1 aliphatic carbocycles. The summed E-state index contributed by atoms with van der Waals surface area (Å²) in [7, 11) is -3.53. The second-order valence-corrected chi connectivity index (χ2v) is 11.7. The summed E-state index contributed by atoms with van der Waals surface area (Å²) in [5.74, 6) is 0.744. The average molecular weight is 461 g/mol. The summed E-state index contributed by atoms with van der Waals surface area (Å²) in [5.41, 5.74) is -0.498. The van der Waals surface area contributed by atoms with Gasteiger partial charge in [0.1, 0.15) is 5.60 Å². The number of alkyl carbamates (subject to hydrolysis) is 1. The van der Waals surface area contributed by atoms with Crippen LogP contribution in [0, 0.1) is 11.8 Å². The third kappa shape index (κ3) is 6.45. The Morgan fingerprint density at radius 3 is 2.28 bits per heavy atom. The molecule has 1 N–H and O–H groups in total. The Hall–Kier alpha value is -2.12. The number of nitrogens with zero attached hydrogens (tertiary/aromatic N) is 1. The van der Waals surface area contributed by atoms with Crippen molar-refractivity contribution in [2.45, 2.75) is 63.9 Å². The molecule has 1 amide bonds. The fraction of sp³-hybridized carbons (Fsp3) is 0.560. The number of hydrogen-bond acceptors (Lipinski definition) is 4. The van der Waals surface area contributed by atoms with E-state index in [2.05, 4.69) is 5.32 Å². The molecule has 2 aromatic rings. The van der Waals surface area contributed by atoms with Gasteiger partial charge in [0.15, 0.2) is 0 Å². The molecular formula is C25H36N2O4S. The van der Waals surface area contributed by atoms with Crippen LogP contribution in [0.2, 0.25) is 0 Å². The molecule has 0 radical (unpaired) electrons. The molecule has 0 heterocycles. The van der Waals surface area contributed by atoms with Crippen LogP contribution in [0.3, 0.4) is 0 Å². The molecule has 1 saturated carbocycles. The maximum Gasteiger partial charge on any atom is 0.407 e. The van der Waals surface area contributed by atoms with Crippen LogP contribution in [0.1, 0.15) is 53.4 Å². The number of sulfonamides is 1. The molecule has 0 atom stereocenters. The van der Waals surface area contributed by atoms with Gasteiger partial charge in [-0.15, -0.1) is 0 Å². The van der Waals surface area contributed by atoms with Gasteiger partial charge >= 0.3 is 6.09 Å². The smallest absolute Gasteiger partial charge is 0.407 e. The van der Waals surface area contributed by atoms with Gasteiger partial charge in [0.05, 0.1) is 4.90 Å². The lowest BCUT2D eigenvalue weighted by Gasteiger charge is -2.32. The summed E-state index contributed by atoms with van der Waals surface area (Å²) < 4.78 is 33.5. The molecule has 1 aliphatic rings. The molecule has 2 aromatic carbocycles. The highest BCUT2D eigenvalue weighted by Gasteiger charge is 2.29. The highest BCUT2D eigenvalue weighted by molar-refractivity contribution is 7.89. The topological polar surface area (TPSA) is 75.7 Å². The Morgan fingerprint density at radius 2 is 1.66 bits per heavy atom. The fourth-order valence-corrected chi connectivity index (χ4v) is 5.88. The van der Waals surface area contributed by atoms with Crippen LogP contribution in [0.15, 0.2) is 47.4 Å². The Kier molecular flexibility index (Phi) is 7.83. The van der Waals surface area contributed by atoms with E-state index in [-0.39, 0.29) is 6.09 Å². The fourth-order valence-electron chi connectivity index (χ4n) is 4.32. The van der Waals surface area contributed by atoms with Gasteiger partial charge in [0.2, 0.25) is 10.0 Å². The van der Waals surface area contributed by atoms with Crippen LogP contribution in [-0.4, -0.2) is 44.1 Å². The standard InChI is InChI=1S/C25H36N2O4S/c1-5-27(32(29,30)23-15-14-21-8-6-7-9-22(21)16-23)18-20-12-10-19(11-13-20)17-26-24(28)31-25(2,3)4/h6-9,14-16,19-20H,5,10-13,17-18H2,1-4H3,(H,26,28)/t19-,20-. The SMILES string of the molecule is CCN(C[C@H]1CC[C@H](CNC(=O)OC(C)(C)C)CC1)S(=O)(=O)c1ccc2ccccc2c1. The van der Waals surface area contributed by atoms with E-state index in [9.17, 15) is 13.2 Å². The summed E-state index contributed by atoms with van der Waals surface area (Å²) in [6.07, 6.45) is 3.51. The number of benzene rings is 2. The van der Waals surface area contributed by atoms with Gasteiger partial charge < -0.3 is 10.1 Å². The predicted molar refractivity (Wildman–Crippen MR) is 128 cm³/mol. The Labute approximate surface area is 192 Å². The number of rotatable bonds is 7. The quantitative estimate of drug-likeness (QED) is 0.618. The first-order valence-electron chi connectivity index (χ1n) is 11.5. The summed E-state index contributed by atoms with van der Waals surface area (Å²) in [6, 6.07) is 13.2. The molecule has 0 aliphatic heterocycles. The van der Waals surface area contributed by atoms with Crippen molar-refractivity contribution in [3.8, 4) is 0 Å². The van der Waals surface area contributed by atoms with E-state index in [1.165, 1.54) is 0 Å². The lowest BCUT2D eigenvalue weighted by Crippen LogP contribution is -2.38.